The van der Waals surface area contributed by atoms with Crippen molar-refractivity contribution in [1.29, 1.82) is 0 Å². The van der Waals surface area contributed by atoms with Gasteiger partial charge in [-0.3, -0.25) is 9.69 Å². The van der Waals surface area contributed by atoms with Crippen LogP contribution in [0.4, 0.5) is 0 Å². The second-order valence-electron chi connectivity index (χ2n) is 6.47. The maximum atomic E-state index is 11.9. The number of hydrogen-bond acceptors (Lipinski definition) is 2. The van der Waals surface area contributed by atoms with Crippen molar-refractivity contribution in [2.45, 2.75) is 19.0 Å². The van der Waals surface area contributed by atoms with Crippen LogP contribution in [-0.4, -0.2) is 22.5 Å². The standard InChI is InChI=1S/C19H19NO2/c21-18(22)19-11-16(19)13-20(12-14-7-3-1-4-8-14)17(19)15-9-5-2-6-10-15/h1-10,16-17H,11-13H2,(H,21,22). The second-order valence-corrected chi connectivity index (χ2v) is 6.47. The van der Waals surface area contributed by atoms with Crippen LogP contribution >= 0.6 is 0 Å². The number of likely N-dealkylation sites (tertiary alicyclic amines) is 1. The number of aliphatic carboxylic acids is 1. The molecule has 1 aliphatic heterocycles. The van der Waals surface area contributed by atoms with E-state index < -0.39 is 11.4 Å². The summed E-state index contributed by atoms with van der Waals surface area (Å²) in [6, 6.07) is 20.4. The average Bonchev–Trinajstić information content (AvgIpc) is 3.16. The molecule has 3 heteroatoms. The van der Waals surface area contributed by atoms with E-state index >= 15 is 0 Å². The molecular weight excluding hydrogens is 274 g/mol. The quantitative estimate of drug-likeness (QED) is 0.940. The molecule has 2 aromatic rings. The Morgan fingerprint density at radius 2 is 1.73 bits per heavy atom. The third kappa shape index (κ3) is 1.97. The zero-order chi connectivity index (χ0) is 15.2. The number of benzene rings is 2. The van der Waals surface area contributed by atoms with Crippen LogP contribution in [0.1, 0.15) is 23.6 Å². The zero-order valence-corrected chi connectivity index (χ0v) is 12.4. The molecule has 0 radical (unpaired) electrons. The fourth-order valence-corrected chi connectivity index (χ4v) is 4.12. The third-order valence-electron chi connectivity index (χ3n) is 5.20. The molecule has 0 spiro atoms. The first-order valence-corrected chi connectivity index (χ1v) is 7.78. The number of piperidine rings is 1. The van der Waals surface area contributed by atoms with E-state index in [2.05, 4.69) is 29.2 Å². The molecule has 4 rings (SSSR count). The number of hydrogen-bond donors (Lipinski definition) is 1. The molecule has 1 N–H and O–H groups in total. The van der Waals surface area contributed by atoms with Crippen LogP contribution in [-0.2, 0) is 11.3 Å². The lowest BCUT2D eigenvalue weighted by molar-refractivity contribution is -0.145. The SMILES string of the molecule is O=C(O)C12CC1CN(Cc1ccccc1)C2c1ccccc1. The molecule has 0 amide bonds. The van der Waals surface area contributed by atoms with Crippen molar-refractivity contribution >= 4 is 5.97 Å². The van der Waals surface area contributed by atoms with Crippen LogP contribution in [0.3, 0.4) is 0 Å². The number of carbonyl (C=O) groups is 1. The van der Waals surface area contributed by atoms with E-state index in [1.54, 1.807) is 0 Å². The van der Waals surface area contributed by atoms with Gasteiger partial charge < -0.3 is 5.11 Å². The van der Waals surface area contributed by atoms with Gasteiger partial charge in [-0.1, -0.05) is 60.7 Å². The van der Waals surface area contributed by atoms with Crippen LogP contribution in [0.5, 0.6) is 0 Å². The molecule has 1 saturated carbocycles. The molecule has 1 aliphatic carbocycles. The summed E-state index contributed by atoms with van der Waals surface area (Å²) in [5, 5.41) is 9.80. The van der Waals surface area contributed by atoms with Crippen molar-refractivity contribution in [3.63, 3.8) is 0 Å². The largest absolute Gasteiger partial charge is 0.481 e. The van der Waals surface area contributed by atoms with E-state index in [0.29, 0.717) is 5.92 Å². The Kier molecular flexibility index (Phi) is 3.05. The molecule has 3 atom stereocenters. The van der Waals surface area contributed by atoms with Gasteiger partial charge in [-0.05, 0) is 23.5 Å². The Morgan fingerprint density at radius 1 is 1.09 bits per heavy atom. The van der Waals surface area contributed by atoms with Gasteiger partial charge in [0, 0.05) is 13.1 Å². The van der Waals surface area contributed by atoms with Crippen molar-refractivity contribution in [1.82, 2.24) is 4.90 Å². The molecule has 1 heterocycles. The predicted octanol–water partition coefficient (Wildman–Crippen LogP) is 3.33. The highest BCUT2D eigenvalue weighted by atomic mass is 16.4. The van der Waals surface area contributed by atoms with E-state index in [1.807, 2.05) is 36.4 Å². The molecule has 0 aromatic heterocycles. The topological polar surface area (TPSA) is 40.5 Å². The van der Waals surface area contributed by atoms with Gasteiger partial charge in [-0.15, -0.1) is 0 Å². The first-order valence-electron chi connectivity index (χ1n) is 7.78. The fraction of sp³-hybridized carbons (Fsp3) is 0.316. The Morgan fingerprint density at radius 3 is 2.36 bits per heavy atom. The van der Waals surface area contributed by atoms with Crippen molar-refractivity contribution in [3.05, 3.63) is 71.8 Å². The van der Waals surface area contributed by atoms with Gasteiger partial charge in [0.1, 0.15) is 0 Å². The summed E-state index contributed by atoms with van der Waals surface area (Å²) in [7, 11) is 0. The Hall–Kier alpha value is -2.13. The monoisotopic (exact) mass is 293 g/mol. The summed E-state index contributed by atoms with van der Waals surface area (Å²) in [6.45, 7) is 1.69. The van der Waals surface area contributed by atoms with E-state index in [-0.39, 0.29) is 6.04 Å². The van der Waals surface area contributed by atoms with Gasteiger partial charge in [0.15, 0.2) is 0 Å². The number of carboxylic acid groups (broad SMARTS) is 1. The summed E-state index contributed by atoms with van der Waals surface area (Å²) in [4.78, 5) is 14.3. The van der Waals surface area contributed by atoms with Crippen LogP contribution in [0.2, 0.25) is 0 Å². The predicted molar refractivity (Wildman–Crippen MR) is 84.2 cm³/mol. The van der Waals surface area contributed by atoms with Crippen molar-refractivity contribution in [2.75, 3.05) is 6.54 Å². The number of nitrogens with zero attached hydrogens (tertiary/aromatic N) is 1. The molecule has 1 saturated heterocycles. The van der Waals surface area contributed by atoms with Crippen LogP contribution in [0.15, 0.2) is 60.7 Å². The Labute approximate surface area is 130 Å². The van der Waals surface area contributed by atoms with Crippen LogP contribution in [0, 0.1) is 11.3 Å². The molecule has 3 unspecified atom stereocenters. The highest BCUT2D eigenvalue weighted by Gasteiger charge is 2.71. The van der Waals surface area contributed by atoms with Crippen molar-refractivity contribution < 1.29 is 9.90 Å². The van der Waals surface area contributed by atoms with E-state index in [9.17, 15) is 9.90 Å². The fourth-order valence-electron chi connectivity index (χ4n) is 4.12. The number of carboxylic acids is 1. The van der Waals surface area contributed by atoms with Gasteiger partial charge >= 0.3 is 5.97 Å². The van der Waals surface area contributed by atoms with E-state index in [1.165, 1.54) is 5.56 Å². The minimum atomic E-state index is -0.637. The van der Waals surface area contributed by atoms with Gasteiger partial charge in [0.2, 0.25) is 0 Å². The lowest BCUT2D eigenvalue weighted by Gasteiger charge is -2.31. The first kappa shape index (κ1) is 13.5. The van der Waals surface area contributed by atoms with Gasteiger partial charge in [0.05, 0.1) is 11.5 Å². The second kappa shape index (κ2) is 4.96. The average molecular weight is 293 g/mol. The van der Waals surface area contributed by atoms with Crippen LogP contribution < -0.4 is 0 Å². The molecule has 2 aromatic carbocycles. The van der Waals surface area contributed by atoms with Crippen molar-refractivity contribution in [3.8, 4) is 0 Å². The lowest BCUT2D eigenvalue weighted by atomic mass is 9.89. The van der Waals surface area contributed by atoms with Gasteiger partial charge in [-0.2, -0.15) is 0 Å². The van der Waals surface area contributed by atoms with E-state index in [0.717, 1.165) is 25.1 Å². The minimum absolute atomic E-state index is 0.0172. The molecule has 22 heavy (non-hydrogen) atoms. The Balaban J connectivity index is 1.69. The summed E-state index contributed by atoms with van der Waals surface area (Å²) in [5.74, 6) is -0.346. The number of fused-ring (bicyclic) bond motifs is 1. The smallest absolute Gasteiger partial charge is 0.311 e. The highest BCUT2D eigenvalue weighted by molar-refractivity contribution is 5.81. The first-order chi connectivity index (χ1) is 10.7. The molecule has 2 fully saturated rings. The third-order valence-corrected chi connectivity index (χ3v) is 5.20. The normalized spacial score (nSPS) is 30.0. The summed E-state index contributed by atoms with van der Waals surface area (Å²) >= 11 is 0. The molecule has 3 nitrogen and oxygen atoms in total. The maximum absolute atomic E-state index is 11.9. The zero-order valence-electron chi connectivity index (χ0n) is 12.4. The van der Waals surface area contributed by atoms with E-state index in [4.69, 9.17) is 0 Å². The molecule has 2 aliphatic rings. The molecule has 112 valence electrons. The van der Waals surface area contributed by atoms with Gasteiger partial charge in [-0.25, -0.2) is 0 Å². The Bertz CT molecular complexity index is 685. The van der Waals surface area contributed by atoms with Crippen LogP contribution in [0.25, 0.3) is 0 Å². The minimum Gasteiger partial charge on any atom is -0.481 e. The molecular formula is C19H19NO2. The highest BCUT2D eigenvalue weighted by Crippen LogP contribution is 2.67. The maximum Gasteiger partial charge on any atom is 0.311 e. The summed E-state index contributed by atoms with van der Waals surface area (Å²) in [6.07, 6.45) is 0.813. The molecule has 0 bridgehead atoms. The number of rotatable bonds is 4. The van der Waals surface area contributed by atoms with Crippen molar-refractivity contribution in [2.24, 2.45) is 11.3 Å². The van der Waals surface area contributed by atoms with Gasteiger partial charge in [0.25, 0.3) is 0 Å². The summed E-state index contributed by atoms with van der Waals surface area (Å²) < 4.78 is 0. The summed E-state index contributed by atoms with van der Waals surface area (Å²) in [5.41, 5.74) is 1.79. The lowest BCUT2D eigenvalue weighted by Crippen LogP contribution is -2.32.